The van der Waals surface area contributed by atoms with Crippen LogP contribution < -0.4 is 11.2 Å². The Morgan fingerprint density at radius 3 is 2.88 bits per heavy atom. The van der Waals surface area contributed by atoms with Crippen LogP contribution in [0.1, 0.15) is 30.1 Å². The summed E-state index contributed by atoms with van der Waals surface area (Å²) < 4.78 is 0. The predicted molar refractivity (Wildman–Crippen MR) is 64.8 cm³/mol. The fourth-order valence-corrected chi connectivity index (χ4v) is 2.27. The van der Waals surface area contributed by atoms with Gasteiger partial charge in [0.1, 0.15) is 5.56 Å². The minimum absolute atomic E-state index is 0.186. The molecule has 0 atom stereocenters. The minimum atomic E-state index is -0.258. The fourth-order valence-electron chi connectivity index (χ4n) is 2.27. The van der Waals surface area contributed by atoms with Crippen LogP contribution in [0.2, 0.25) is 0 Å². The lowest BCUT2D eigenvalue weighted by Crippen LogP contribution is -2.68. The molecular weight excluding hydrogens is 218 g/mol. The van der Waals surface area contributed by atoms with E-state index in [4.69, 9.17) is 5.73 Å². The summed E-state index contributed by atoms with van der Waals surface area (Å²) in [6, 6.07) is 1.36. The van der Waals surface area contributed by atoms with E-state index in [1.165, 1.54) is 18.5 Å². The molecule has 2 rings (SSSR count). The fraction of sp³-hybridized carbons (Fsp3) is 0.500. The Bertz CT molecular complexity index is 475. The first-order valence-electron chi connectivity index (χ1n) is 5.81. The van der Waals surface area contributed by atoms with Gasteiger partial charge in [0.2, 0.25) is 0 Å². The van der Waals surface area contributed by atoms with Gasteiger partial charge in [0.15, 0.2) is 5.43 Å². The molecule has 92 valence electrons. The topological polar surface area (TPSA) is 79.2 Å². The maximum absolute atomic E-state index is 12.0. The van der Waals surface area contributed by atoms with E-state index in [9.17, 15) is 9.59 Å². The number of amides is 1. The maximum atomic E-state index is 12.0. The molecule has 1 aliphatic heterocycles. The van der Waals surface area contributed by atoms with E-state index < -0.39 is 0 Å². The van der Waals surface area contributed by atoms with Crippen molar-refractivity contribution >= 4 is 5.91 Å². The maximum Gasteiger partial charge on any atom is 0.259 e. The van der Waals surface area contributed by atoms with Gasteiger partial charge in [-0.1, -0.05) is 13.3 Å². The molecule has 1 amide bonds. The molecule has 0 saturated carbocycles. The molecule has 0 unspecified atom stereocenters. The van der Waals surface area contributed by atoms with Crippen molar-refractivity contribution in [3.63, 3.8) is 0 Å². The lowest BCUT2D eigenvalue weighted by atomic mass is 9.86. The van der Waals surface area contributed by atoms with E-state index in [1.54, 1.807) is 4.90 Å². The summed E-state index contributed by atoms with van der Waals surface area (Å²) in [6.45, 7) is 3.14. The first-order valence-corrected chi connectivity index (χ1v) is 5.81. The summed E-state index contributed by atoms with van der Waals surface area (Å²) in [4.78, 5) is 27.9. The smallest absolute Gasteiger partial charge is 0.259 e. The SMILES string of the molecule is CCCC1(N)CN(C(=O)c2c[nH]ccc2=O)C1. The molecule has 5 nitrogen and oxygen atoms in total. The molecule has 0 aromatic carbocycles. The molecule has 0 bridgehead atoms. The predicted octanol–water partition coefficient (Wildman–Crippen LogP) is 0.328. The number of likely N-dealkylation sites (tertiary alicyclic amines) is 1. The first-order chi connectivity index (χ1) is 8.06. The van der Waals surface area contributed by atoms with Crippen molar-refractivity contribution in [3.8, 4) is 0 Å². The lowest BCUT2D eigenvalue weighted by molar-refractivity contribution is 0.0385. The number of carbonyl (C=O) groups excluding carboxylic acids is 1. The lowest BCUT2D eigenvalue weighted by Gasteiger charge is -2.47. The number of carbonyl (C=O) groups is 1. The van der Waals surface area contributed by atoms with Gasteiger partial charge in [-0.15, -0.1) is 0 Å². The number of nitrogens with zero attached hydrogens (tertiary/aromatic N) is 1. The van der Waals surface area contributed by atoms with Crippen molar-refractivity contribution in [2.24, 2.45) is 5.73 Å². The number of nitrogens with one attached hydrogen (secondary N) is 1. The van der Waals surface area contributed by atoms with Gasteiger partial charge in [-0.25, -0.2) is 0 Å². The van der Waals surface area contributed by atoms with Gasteiger partial charge in [-0.3, -0.25) is 9.59 Å². The van der Waals surface area contributed by atoms with Gasteiger partial charge < -0.3 is 15.6 Å². The monoisotopic (exact) mass is 235 g/mol. The molecular formula is C12H17N3O2. The second kappa shape index (κ2) is 4.33. The van der Waals surface area contributed by atoms with E-state index in [-0.39, 0.29) is 22.4 Å². The quantitative estimate of drug-likeness (QED) is 0.792. The summed E-state index contributed by atoms with van der Waals surface area (Å²) in [5.41, 5.74) is 5.75. The highest BCUT2D eigenvalue weighted by molar-refractivity contribution is 5.94. The third-order valence-corrected chi connectivity index (χ3v) is 3.10. The molecule has 0 aliphatic carbocycles. The van der Waals surface area contributed by atoms with Crippen molar-refractivity contribution in [2.75, 3.05) is 13.1 Å². The number of H-pyrrole nitrogens is 1. The van der Waals surface area contributed by atoms with Gasteiger partial charge in [-0.2, -0.15) is 0 Å². The highest BCUT2D eigenvalue weighted by Crippen LogP contribution is 2.24. The van der Waals surface area contributed by atoms with Gasteiger partial charge in [0.25, 0.3) is 5.91 Å². The van der Waals surface area contributed by atoms with Crippen LogP contribution in [0, 0.1) is 0 Å². The van der Waals surface area contributed by atoms with Crippen LogP contribution in [-0.2, 0) is 0 Å². The molecule has 1 fully saturated rings. The van der Waals surface area contributed by atoms with Gasteiger partial charge in [-0.05, 0) is 6.42 Å². The number of rotatable bonds is 3. The van der Waals surface area contributed by atoms with Crippen LogP contribution in [0.4, 0.5) is 0 Å². The molecule has 3 N–H and O–H groups in total. The van der Waals surface area contributed by atoms with E-state index in [0.29, 0.717) is 13.1 Å². The summed E-state index contributed by atoms with van der Waals surface area (Å²) >= 11 is 0. The average Bonchev–Trinajstić information content (AvgIpc) is 2.26. The zero-order valence-corrected chi connectivity index (χ0v) is 9.90. The minimum Gasteiger partial charge on any atom is -0.367 e. The number of hydrogen-bond acceptors (Lipinski definition) is 3. The summed E-state index contributed by atoms with van der Waals surface area (Å²) in [7, 11) is 0. The summed E-state index contributed by atoms with van der Waals surface area (Å²) in [5, 5.41) is 0. The van der Waals surface area contributed by atoms with Crippen molar-refractivity contribution in [1.82, 2.24) is 9.88 Å². The molecule has 1 aromatic rings. The molecule has 0 spiro atoms. The molecule has 1 aromatic heterocycles. The zero-order chi connectivity index (χ0) is 12.5. The summed E-state index contributed by atoms with van der Waals surface area (Å²) in [5.74, 6) is -0.232. The largest absolute Gasteiger partial charge is 0.367 e. The van der Waals surface area contributed by atoms with E-state index >= 15 is 0 Å². The van der Waals surface area contributed by atoms with Gasteiger partial charge in [0.05, 0.1) is 5.54 Å². The highest BCUT2D eigenvalue weighted by atomic mass is 16.2. The Morgan fingerprint density at radius 1 is 1.59 bits per heavy atom. The molecule has 17 heavy (non-hydrogen) atoms. The number of nitrogens with two attached hydrogens (primary N) is 1. The molecule has 0 radical (unpaired) electrons. The molecule has 2 heterocycles. The Balaban J connectivity index is 2.05. The number of aromatic nitrogens is 1. The van der Waals surface area contributed by atoms with Gasteiger partial charge in [0, 0.05) is 31.5 Å². The highest BCUT2D eigenvalue weighted by Gasteiger charge is 2.41. The van der Waals surface area contributed by atoms with E-state index in [0.717, 1.165) is 12.8 Å². The number of pyridine rings is 1. The third kappa shape index (κ3) is 2.24. The third-order valence-electron chi connectivity index (χ3n) is 3.10. The summed E-state index contributed by atoms with van der Waals surface area (Å²) in [6.07, 6.45) is 4.87. The number of hydrogen-bond donors (Lipinski definition) is 2. The Labute approximate surface area is 99.6 Å². The van der Waals surface area contributed by atoms with Crippen LogP contribution in [-0.4, -0.2) is 34.4 Å². The van der Waals surface area contributed by atoms with Gasteiger partial charge >= 0.3 is 0 Å². The van der Waals surface area contributed by atoms with Crippen molar-refractivity contribution in [3.05, 3.63) is 34.2 Å². The second-order valence-corrected chi connectivity index (χ2v) is 4.70. The van der Waals surface area contributed by atoms with Crippen LogP contribution in [0.15, 0.2) is 23.3 Å². The first kappa shape index (κ1) is 11.9. The average molecular weight is 235 g/mol. The Morgan fingerprint density at radius 2 is 2.29 bits per heavy atom. The Hall–Kier alpha value is -1.62. The van der Waals surface area contributed by atoms with Crippen LogP contribution >= 0.6 is 0 Å². The van der Waals surface area contributed by atoms with Crippen molar-refractivity contribution < 1.29 is 4.79 Å². The van der Waals surface area contributed by atoms with E-state index in [1.807, 2.05) is 0 Å². The second-order valence-electron chi connectivity index (χ2n) is 4.70. The van der Waals surface area contributed by atoms with Crippen molar-refractivity contribution in [2.45, 2.75) is 25.3 Å². The van der Waals surface area contributed by atoms with E-state index in [2.05, 4.69) is 11.9 Å². The van der Waals surface area contributed by atoms with Crippen molar-refractivity contribution in [1.29, 1.82) is 0 Å². The zero-order valence-electron chi connectivity index (χ0n) is 9.90. The van der Waals surface area contributed by atoms with Crippen LogP contribution in [0.3, 0.4) is 0 Å². The number of aromatic amines is 1. The molecule has 1 aliphatic rings. The molecule has 5 heteroatoms. The standard InChI is InChI=1S/C12H17N3O2/c1-2-4-12(13)7-15(8-12)11(17)9-6-14-5-3-10(9)16/h3,5-6H,2,4,7-8,13H2,1H3,(H,14,16). The molecule has 1 saturated heterocycles. The Kier molecular flexibility index (Phi) is 3.02. The normalized spacial score (nSPS) is 17.6. The van der Waals surface area contributed by atoms with Crippen LogP contribution in [0.25, 0.3) is 0 Å². The van der Waals surface area contributed by atoms with Crippen LogP contribution in [0.5, 0.6) is 0 Å².